The Kier molecular flexibility index (Phi) is 4.71. The number of ether oxygens (including phenoxy) is 1. The van der Waals surface area contributed by atoms with Gasteiger partial charge in [0, 0.05) is 11.5 Å². The number of hydroxylamine groups is 1. The number of benzene rings is 2. The van der Waals surface area contributed by atoms with Crippen LogP contribution in [-0.2, 0) is 11.3 Å². The van der Waals surface area contributed by atoms with E-state index in [2.05, 4.69) is 75.3 Å². The smallest absolute Gasteiger partial charge is 0.250 e. The lowest BCUT2D eigenvalue weighted by Crippen LogP contribution is -2.44. The zero-order chi connectivity index (χ0) is 20.1. The van der Waals surface area contributed by atoms with Gasteiger partial charge in [-0.3, -0.25) is 4.84 Å². The van der Waals surface area contributed by atoms with Gasteiger partial charge in [-0.25, -0.2) is 5.06 Å². The molecular weight excluding hydrogens is 366 g/mol. The molecule has 2 aromatic carbocycles. The van der Waals surface area contributed by atoms with Gasteiger partial charge in [0.25, 0.3) is 8.32 Å². The van der Waals surface area contributed by atoms with E-state index in [0.29, 0.717) is 5.92 Å². The highest BCUT2D eigenvalue weighted by molar-refractivity contribution is 6.74. The second-order valence-corrected chi connectivity index (χ2v) is 14.1. The van der Waals surface area contributed by atoms with Crippen LogP contribution in [0, 0.1) is 5.92 Å². The lowest BCUT2D eigenvalue weighted by atomic mass is 10.0. The van der Waals surface area contributed by atoms with Crippen molar-refractivity contribution in [3.8, 4) is 11.5 Å². The van der Waals surface area contributed by atoms with Crippen molar-refractivity contribution in [3.05, 3.63) is 53.6 Å². The van der Waals surface area contributed by atoms with Crippen LogP contribution in [0.25, 0.3) is 0 Å². The van der Waals surface area contributed by atoms with E-state index >= 15 is 0 Å². The fraction of sp³-hybridized carbons (Fsp3) is 0.478. The largest absolute Gasteiger partial charge is 0.541 e. The van der Waals surface area contributed by atoms with Crippen molar-refractivity contribution in [2.24, 2.45) is 5.92 Å². The first-order valence-corrected chi connectivity index (χ1v) is 13.0. The minimum Gasteiger partial charge on any atom is -0.541 e. The van der Waals surface area contributed by atoms with E-state index in [-0.39, 0.29) is 11.1 Å². The highest BCUT2D eigenvalue weighted by atomic mass is 28.4. The Morgan fingerprint density at radius 1 is 1.07 bits per heavy atom. The molecule has 0 spiro atoms. The number of hydrogen-bond donors (Lipinski definition) is 0. The number of methoxy groups -OCH3 is 1. The maximum atomic E-state index is 6.79. The molecule has 28 heavy (non-hydrogen) atoms. The molecule has 2 aromatic rings. The quantitative estimate of drug-likeness (QED) is 0.615. The number of para-hydroxylation sites is 1. The van der Waals surface area contributed by atoms with Crippen LogP contribution >= 0.6 is 0 Å². The number of fused-ring (bicyclic) bond motifs is 3. The second kappa shape index (κ2) is 6.81. The Bertz CT molecular complexity index is 860. The third-order valence-corrected chi connectivity index (χ3v) is 10.9. The Morgan fingerprint density at radius 3 is 2.43 bits per heavy atom. The maximum Gasteiger partial charge on any atom is 0.250 e. The minimum absolute atomic E-state index is 0.133. The lowest BCUT2D eigenvalue weighted by Gasteiger charge is -2.37. The number of rotatable bonds is 4. The molecule has 1 saturated heterocycles. The van der Waals surface area contributed by atoms with Crippen LogP contribution in [-0.4, -0.2) is 22.0 Å². The summed E-state index contributed by atoms with van der Waals surface area (Å²) in [5.74, 6) is 2.23. The first kappa shape index (κ1) is 19.3. The van der Waals surface area contributed by atoms with E-state index in [0.717, 1.165) is 30.2 Å². The second-order valence-electron chi connectivity index (χ2n) is 9.39. The molecule has 4 rings (SSSR count). The summed E-state index contributed by atoms with van der Waals surface area (Å²) < 4.78 is 12.5. The molecule has 1 heterocycles. The number of anilines is 1. The van der Waals surface area contributed by atoms with Crippen molar-refractivity contribution in [1.82, 2.24) is 0 Å². The molecule has 1 aliphatic carbocycles. The Morgan fingerprint density at radius 2 is 1.79 bits per heavy atom. The SMILES string of the molecule is COc1ccc2c(c1O[Si](C)(C)C(C)(C)C)C[C@H]1CON(c3ccccc3)[C@@H]21. The summed E-state index contributed by atoms with van der Waals surface area (Å²) in [7, 11) is -0.247. The van der Waals surface area contributed by atoms with Gasteiger partial charge in [0.15, 0.2) is 5.75 Å². The van der Waals surface area contributed by atoms with Gasteiger partial charge in [-0.1, -0.05) is 45.0 Å². The van der Waals surface area contributed by atoms with Gasteiger partial charge >= 0.3 is 0 Å². The molecule has 0 N–H and O–H groups in total. The normalized spacial score (nSPS) is 21.4. The van der Waals surface area contributed by atoms with Gasteiger partial charge in [0.2, 0.25) is 0 Å². The highest BCUT2D eigenvalue weighted by Crippen LogP contribution is 2.52. The summed E-state index contributed by atoms with van der Waals surface area (Å²) in [6.07, 6.45) is 0.963. The van der Waals surface area contributed by atoms with Crippen LogP contribution in [0.2, 0.25) is 18.1 Å². The molecular formula is C23H31NO3Si. The third kappa shape index (κ3) is 3.10. The number of nitrogens with zero attached hydrogens (tertiary/aromatic N) is 1. The summed E-state index contributed by atoms with van der Waals surface area (Å²) in [5, 5.41) is 2.22. The summed E-state index contributed by atoms with van der Waals surface area (Å²) in [6, 6.07) is 14.9. The average molecular weight is 398 g/mol. The molecule has 2 atom stereocenters. The predicted octanol–water partition coefficient (Wildman–Crippen LogP) is 5.74. The topological polar surface area (TPSA) is 30.9 Å². The first-order chi connectivity index (χ1) is 13.2. The van der Waals surface area contributed by atoms with Gasteiger partial charge in [-0.15, -0.1) is 0 Å². The Labute approximate surface area is 169 Å². The molecule has 0 radical (unpaired) electrons. The van der Waals surface area contributed by atoms with E-state index in [1.54, 1.807) is 7.11 Å². The molecule has 1 fully saturated rings. The van der Waals surface area contributed by atoms with Crippen molar-refractivity contribution in [2.45, 2.75) is 51.4 Å². The van der Waals surface area contributed by atoms with Crippen molar-refractivity contribution >= 4 is 14.0 Å². The summed E-state index contributed by atoms with van der Waals surface area (Å²) in [5.41, 5.74) is 3.70. The van der Waals surface area contributed by atoms with E-state index in [1.807, 2.05) is 6.07 Å². The van der Waals surface area contributed by atoms with E-state index in [4.69, 9.17) is 14.0 Å². The molecule has 0 bridgehead atoms. The maximum absolute atomic E-state index is 6.79. The predicted molar refractivity (Wildman–Crippen MR) is 116 cm³/mol. The van der Waals surface area contributed by atoms with Crippen LogP contribution in [0.3, 0.4) is 0 Å². The molecule has 0 amide bonds. The zero-order valence-corrected chi connectivity index (χ0v) is 18.8. The Hall–Kier alpha value is -1.98. The van der Waals surface area contributed by atoms with Gasteiger partial charge in [-0.05, 0) is 48.3 Å². The van der Waals surface area contributed by atoms with Crippen LogP contribution in [0.5, 0.6) is 11.5 Å². The average Bonchev–Trinajstić information content (AvgIpc) is 3.21. The Balaban J connectivity index is 1.75. The highest BCUT2D eigenvalue weighted by Gasteiger charge is 2.46. The third-order valence-electron chi connectivity index (χ3n) is 6.57. The van der Waals surface area contributed by atoms with E-state index in [9.17, 15) is 0 Å². The van der Waals surface area contributed by atoms with Crippen LogP contribution in [0.15, 0.2) is 42.5 Å². The first-order valence-electron chi connectivity index (χ1n) is 10.1. The fourth-order valence-electron chi connectivity index (χ4n) is 3.95. The van der Waals surface area contributed by atoms with Gasteiger partial charge in [-0.2, -0.15) is 0 Å². The van der Waals surface area contributed by atoms with Gasteiger partial charge < -0.3 is 9.16 Å². The molecule has 4 nitrogen and oxygen atoms in total. The summed E-state index contributed by atoms with van der Waals surface area (Å²) >= 11 is 0. The molecule has 5 heteroatoms. The molecule has 2 aliphatic rings. The standard InChI is InChI=1S/C23H31NO3Si/c1-23(2,3)28(5,6)27-22-19-14-16-15-26-24(17-10-8-7-9-11-17)21(16)18(19)12-13-20(22)25-4/h7-13,16,21H,14-15H2,1-6H3/t16-,21+/m0/s1. The molecule has 0 aromatic heterocycles. The molecule has 150 valence electrons. The van der Waals surface area contributed by atoms with Crippen LogP contribution in [0.1, 0.15) is 37.9 Å². The monoisotopic (exact) mass is 397 g/mol. The van der Waals surface area contributed by atoms with Crippen LogP contribution < -0.4 is 14.2 Å². The van der Waals surface area contributed by atoms with Gasteiger partial charge in [0.1, 0.15) is 5.75 Å². The van der Waals surface area contributed by atoms with E-state index < -0.39 is 8.32 Å². The van der Waals surface area contributed by atoms with Crippen molar-refractivity contribution < 1.29 is 14.0 Å². The summed E-state index contributed by atoms with van der Waals surface area (Å²) in [4.78, 5) is 6.08. The van der Waals surface area contributed by atoms with E-state index in [1.165, 1.54) is 11.1 Å². The van der Waals surface area contributed by atoms with Crippen molar-refractivity contribution in [1.29, 1.82) is 0 Å². The number of hydrogen-bond acceptors (Lipinski definition) is 4. The van der Waals surface area contributed by atoms with Gasteiger partial charge in [0.05, 0.1) is 25.4 Å². The molecule has 1 aliphatic heterocycles. The minimum atomic E-state index is -1.98. The van der Waals surface area contributed by atoms with Crippen molar-refractivity contribution in [3.63, 3.8) is 0 Å². The fourth-order valence-corrected chi connectivity index (χ4v) is 4.99. The molecule has 0 saturated carbocycles. The van der Waals surface area contributed by atoms with Crippen molar-refractivity contribution in [2.75, 3.05) is 18.8 Å². The lowest BCUT2D eigenvalue weighted by molar-refractivity contribution is 0.151. The summed E-state index contributed by atoms with van der Waals surface area (Å²) in [6.45, 7) is 12.1. The molecule has 0 unspecified atom stereocenters. The zero-order valence-electron chi connectivity index (χ0n) is 17.8. The van der Waals surface area contributed by atoms with Crippen LogP contribution in [0.4, 0.5) is 5.69 Å².